The summed E-state index contributed by atoms with van der Waals surface area (Å²) in [6, 6.07) is 55.7. The average molecular weight is 721 g/mol. The molecule has 6 rings (SSSR count). The Morgan fingerprint density at radius 1 is 0.385 bits per heavy atom. The van der Waals surface area contributed by atoms with Crippen LogP contribution < -0.4 is 21.1 Å². The van der Waals surface area contributed by atoms with Crippen molar-refractivity contribution in [2.24, 2.45) is 0 Å². The molecule has 0 spiro atoms. The second-order valence-corrected chi connectivity index (χ2v) is 21.9. The fraction of sp³-hybridized carbons (Fsp3) is 0.360. The van der Waals surface area contributed by atoms with Gasteiger partial charge < -0.3 is 0 Å². The highest BCUT2D eigenvalue weighted by Crippen LogP contribution is 2.43. The lowest BCUT2D eigenvalue weighted by molar-refractivity contribution is 0.668. The van der Waals surface area contributed by atoms with E-state index >= 15 is 0 Å². The van der Waals surface area contributed by atoms with Crippen LogP contribution in [0, 0.1) is 0 Å². The van der Waals surface area contributed by atoms with Gasteiger partial charge in [-0.3, -0.25) is 0 Å². The molecule has 0 N–H and O–H groups in total. The summed E-state index contributed by atoms with van der Waals surface area (Å²) in [7, 11) is -2.76. The van der Waals surface area contributed by atoms with Crippen molar-refractivity contribution < 1.29 is 0 Å². The maximum absolute atomic E-state index is 2.67. The summed E-state index contributed by atoms with van der Waals surface area (Å²) in [4.78, 5) is 0. The zero-order chi connectivity index (χ0) is 36.0. The molecule has 0 radical (unpaired) electrons. The van der Waals surface area contributed by atoms with Crippen LogP contribution in [-0.2, 0) is 0 Å². The van der Waals surface area contributed by atoms with Crippen LogP contribution in [-0.4, -0.2) is 8.07 Å². The summed E-state index contributed by atoms with van der Waals surface area (Å²) < 4.78 is 0. The number of rotatable bonds is 20. The molecule has 6 aromatic rings. The van der Waals surface area contributed by atoms with Gasteiger partial charge in [-0.15, -0.1) is 0 Å². The minimum Gasteiger partial charge on any atom is -0.0654 e. The topological polar surface area (TPSA) is 0 Å². The van der Waals surface area contributed by atoms with Crippen molar-refractivity contribution in [1.29, 1.82) is 0 Å². The predicted molar refractivity (Wildman–Crippen MR) is 238 cm³/mol. The van der Waals surface area contributed by atoms with E-state index in [0.717, 1.165) is 0 Å². The highest BCUT2D eigenvalue weighted by molar-refractivity contribution is 7.80. The lowest BCUT2D eigenvalue weighted by Crippen LogP contribution is -2.49. The molecule has 0 aliphatic rings. The monoisotopic (exact) mass is 720 g/mol. The van der Waals surface area contributed by atoms with Gasteiger partial charge in [0.25, 0.3) is 0 Å². The molecule has 6 aromatic carbocycles. The highest BCUT2D eigenvalue weighted by atomic mass is 31.1. The summed E-state index contributed by atoms with van der Waals surface area (Å²) in [5.74, 6) is 0. The van der Waals surface area contributed by atoms with Crippen LogP contribution in [0.25, 0.3) is 32.7 Å². The van der Waals surface area contributed by atoms with Gasteiger partial charge in [-0.2, -0.15) is 0 Å². The largest absolute Gasteiger partial charge is 0.0875 e. The Balaban J connectivity index is 1.68. The summed E-state index contributed by atoms with van der Waals surface area (Å²) in [5, 5.41) is 11.7. The molecule has 0 saturated carbocycles. The normalized spacial score (nSPS) is 11.9. The minimum absolute atomic E-state index is 0.800. The van der Waals surface area contributed by atoms with Crippen molar-refractivity contribution in [3.63, 3.8) is 0 Å². The van der Waals surface area contributed by atoms with E-state index in [0.29, 0.717) is 0 Å². The summed E-state index contributed by atoms with van der Waals surface area (Å²) in [6.07, 6.45) is 16.2. The van der Waals surface area contributed by atoms with Crippen LogP contribution in [0.5, 0.6) is 0 Å². The number of benzene rings is 6. The lowest BCUT2D eigenvalue weighted by atomic mass is 9.93. The molecule has 0 aliphatic carbocycles. The molecule has 0 amide bonds. The third-order valence-corrected chi connectivity index (χ3v) is 19.4. The van der Waals surface area contributed by atoms with E-state index in [1.54, 1.807) is 10.8 Å². The SMILES string of the molecule is CCCCCC[Si](CCCCCC)(CCCCCC)c1ccc2ccccc2c1-c1c(P(c2ccccc2)c2ccccc2)ccc2ccccc12. The van der Waals surface area contributed by atoms with E-state index < -0.39 is 16.0 Å². The first-order chi connectivity index (χ1) is 25.7. The number of fused-ring (bicyclic) bond motifs is 2. The van der Waals surface area contributed by atoms with Crippen molar-refractivity contribution in [3.8, 4) is 11.1 Å². The second kappa shape index (κ2) is 19.5. The van der Waals surface area contributed by atoms with Crippen LogP contribution in [0.3, 0.4) is 0 Å². The molecule has 2 heteroatoms. The Labute approximate surface area is 317 Å². The number of unbranched alkanes of at least 4 members (excludes halogenated alkanes) is 9. The van der Waals surface area contributed by atoms with Gasteiger partial charge in [-0.1, -0.05) is 255 Å². The van der Waals surface area contributed by atoms with E-state index in [1.165, 1.54) is 138 Å². The third kappa shape index (κ3) is 8.98. The van der Waals surface area contributed by atoms with Crippen molar-refractivity contribution in [2.45, 2.75) is 116 Å². The molecule has 0 aromatic heterocycles. The van der Waals surface area contributed by atoms with Crippen molar-refractivity contribution >= 4 is 58.6 Å². The zero-order valence-electron chi connectivity index (χ0n) is 32.3. The Kier molecular flexibility index (Phi) is 14.4. The maximum Gasteiger partial charge on any atom is 0.0875 e. The third-order valence-electron chi connectivity index (χ3n) is 11.5. The van der Waals surface area contributed by atoms with Gasteiger partial charge in [0, 0.05) is 0 Å². The highest BCUT2D eigenvalue weighted by Gasteiger charge is 2.37. The average Bonchev–Trinajstić information content (AvgIpc) is 3.20. The summed E-state index contributed by atoms with van der Waals surface area (Å²) in [5.41, 5.74) is 3.06. The van der Waals surface area contributed by atoms with Gasteiger partial charge in [0.2, 0.25) is 0 Å². The fourth-order valence-electron chi connectivity index (χ4n) is 8.72. The molecule has 0 unspecified atom stereocenters. The zero-order valence-corrected chi connectivity index (χ0v) is 34.1. The molecule has 0 heterocycles. The molecule has 0 aliphatic heterocycles. The van der Waals surface area contributed by atoms with Gasteiger partial charge >= 0.3 is 0 Å². The number of hydrogen-bond donors (Lipinski definition) is 0. The van der Waals surface area contributed by atoms with Crippen molar-refractivity contribution in [3.05, 3.63) is 133 Å². The van der Waals surface area contributed by atoms with E-state index in [4.69, 9.17) is 0 Å². The molecule has 0 nitrogen and oxygen atoms in total. The minimum atomic E-state index is -1.96. The van der Waals surface area contributed by atoms with Crippen LogP contribution in [0.1, 0.15) is 97.8 Å². The molecular weight excluding hydrogens is 660 g/mol. The van der Waals surface area contributed by atoms with Gasteiger partial charge in [0.15, 0.2) is 0 Å². The summed E-state index contributed by atoms with van der Waals surface area (Å²) >= 11 is 0. The standard InChI is InChI=1S/C50H61PSi/c1-4-7-10-23-38-52(39-24-11-8-5-2,40-25-12-9-6-3)48-37-35-42-27-20-22-33-46(42)50(48)49-45-32-21-19-26-41(45)34-36-47(49)51(43-28-15-13-16-29-43)44-30-17-14-18-31-44/h13-22,26-37H,4-12,23-25,38-40H2,1-3H3. The van der Waals surface area contributed by atoms with Crippen LogP contribution >= 0.6 is 7.92 Å². The van der Waals surface area contributed by atoms with Gasteiger partial charge in [-0.25, -0.2) is 0 Å². The molecule has 0 atom stereocenters. The van der Waals surface area contributed by atoms with Crippen LogP contribution in [0.2, 0.25) is 18.1 Å². The first-order valence-corrected chi connectivity index (χ1v) is 24.6. The summed E-state index contributed by atoms with van der Waals surface area (Å²) in [6.45, 7) is 7.09. The molecular formula is C50H61PSi. The second-order valence-electron chi connectivity index (χ2n) is 15.1. The Morgan fingerprint density at radius 3 is 1.29 bits per heavy atom. The smallest absolute Gasteiger partial charge is 0.0654 e. The van der Waals surface area contributed by atoms with Gasteiger partial charge in [0.05, 0.1) is 8.07 Å². The quantitative estimate of drug-likeness (QED) is 0.0418. The van der Waals surface area contributed by atoms with Gasteiger partial charge in [-0.05, 0) is 56.5 Å². The van der Waals surface area contributed by atoms with E-state index in [2.05, 4.69) is 154 Å². The van der Waals surface area contributed by atoms with E-state index in [1.807, 2.05) is 0 Å². The maximum atomic E-state index is 2.67. The Hall–Kier alpha value is -3.51. The van der Waals surface area contributed by atoms with Gasteiger partial charge in [0.1, 0.15) is 0 Å². The molecule has 0 saturated heterocycles. The molecule has 270 valence electrons. The lowest BCUT2D eigenvalue weighted by Gasteiger charge is -2.37. The molecule has 52 heavy (non-hydrogen) atoms. The first-order valence-electron chi connectivity index (χ1n) is 20.7. The number of hydrogen-bond acceptors (Lipinski definition) is 0. The van der Waals surface area contributed by atoms with Crippen molar-refractivity contribution in [2.75, 3.05) is 0 Å². The molecule has 0 fully saturated rings. The predicted octanol–water partition coefficient (Wildman–Crippen LogP) is 13.8. The Morgan fingerprint density at radius 2 is 0.808 bits per heavy atom. The first kappa shape index (κ1) is 38.2. The van der Waals surface area contributed by atoms with Crippen LogP contribution in [0.15, 0.2) is 133 Å². The van der Waals surface area contributed by atoms with Crippen molar-refractivity contribution in [1.82, 2.24) is 0 Å². The van der Waals surface area contributed by atoms with E-state index in [-0.39, 0.29) is 0 Å². The fourth-order valence-corrected chi connectivity index (χ4v) is 16.8. The van der Waals surface area contributed by atoms with Crippen LogP contribution in [0.4, 0.5) is 0 Å². The Bertz CT molecular complexity index is 1890. The molecule has 0 bridgehead atoms. The van der Waals surface area contributed by atoms with E-state index in [9.17, 15) is 0 Å².